The zero-order valence-electron chi connectivity index (χ0n) is 18.8. The quantitative estimate of drug-likeness (QED) is 0.678. The molecule has 0 saturated carbocycles. The van der Waals surface area contributed by atoms with Gasteiger partial charge in [0.1, 0.15) is 17.3 Å². The van der Waals surface area contributed by atoms with E-state index in [0.29, 0.717) is 5.56 Å². The zero-order valence-corrected chi connectivity index (χ0v) is 18.8. The standard InChI is InChI=1S/C25H27F2N3O2/c1-15-5-6-17(13-16(15)2)22-23(29(4)19-9-11-28(3)12-10-19)25(32)30(24(22)31)21-14-18(26)7-8-20(21)27/h5-8,13-14,19H,9-12H2,1-4H3. The highest BCUT2D eigenvalue weighted by atomic mass is 19.1. The molecule has 2 amide bonds. The molecule has 5 nitrogen and oxygen atoms in total. The van der Waals surface area contributed by atoms with Crippen molar-refractivity contribution >= 4 is 23.1 Å². The largest absolute Gasteiger partial charge is 0.366 e. The third-order valence-electron chi connectivity index (χ3n) is 6.59. The predicted octanol–water partition coefficient (Wildman–Crippen LogP) is 3.89. The van der Waals surface area contributed by atoms with E-state index in [-0.39, 0.29) is 23.0 Å². The summed E-state index contributed by atoms with van der Waals surface area (Å²) in [6.07, 6.45) is 1.68. The molecule has 2 aliphatic rings. The average Bonchev–Trinajstić information content (AvgIpc) is 3.02. The Bertz CT molecular complexity index is 1120. The van der Waals surface area contributed by atoms with Crippen LogP contribution in [0.5, 0.6) is 0 Å². The number of benzene rings is 2. The molecule has 168 valence electrons. The summed E-state index contributed by atoms with van der Waals surface area (Å²) in [6.45, 7) is 5.66. The van der Waals surface area contributed by atoms with E-state index in [1.165, 1.54) is 0 Å². The lowest BCUT2D eigenvalue weighted by Gasteiger charge is -2.36. The van der Waals surface area contributed by atoms with Crippen LogP contribution in [-0.4, -0.2) is 54.8 Å². The minimum absolute atomic E-state index is 0.0665. The Morgan fingerprint density at radius 3 is 2.28 bits per heavy atom. The van der Waals surface area contributed by atoms with Gasteiger partial charge in [-0.15, -0.1) is 0 Å². The van der Waals surface area contributed by atoms with Gasteiger partial charge in [-0.2, -0.15) is 0 Å². The van der Waals surface area contributed by atoms with Gasteiger partial charge in [-0.1, -0.05) is 18.2 Å². The first-order chi connectivity index (χ1) is 15.2. The van der Waals surface area contributed by atoms with Gasteiger partial charge in [0.15, 0.2) is 0 Å². The second-order valence-electron chi connectivity index (χ2n) is 8.71. The number of likely N-dealkylation sites (N-methyl/N-ethyl adjacent to an activating group) is 1. The number of carbonyl (C=O) groups is 2. The Balaban J connectivity index is 1.84. The third kappa shape index (κ3) is 3.81. The molecule has 0 radical (unpaired) electrons. The van der Waals surface area contributed by atoms with Crippen molar-refractivity contribution in [2.24, 2.45) is 0 Å². The maximum Gasteiger partial charge on any atom is 0.282 e. The molecule has 0 bridgehead atoms. The molecule has 2 aromatic rings. The number of piperidine rings is 1. The fourth-order valence-electron chi connectivity index (χ4n) is 4.44. The van der Waals surface area contributed by atoms with Gasteiger partial charge in [0.25, 0.3) is 11.8 Å². The number of hydrogen-bond donors (Lipinski definition) is 0. The molecule has 2 aliphatic heterocycles. The van der Waals surface area contributed by atoms with E-state index in [2.05, 4.69) is 11.9 Å². The molecule has 0 aliphatic carbocycles. The number of nitrogens with zero attached hydrogens (tertiary/aromatic N) is 3. The number of likely N-dealkylation sites (tertiary alicyclic amines) is 1. The Morgan fingerprint density at radius 2 is 1.62 bits per heavy atom. The zero-order chi connectivity index (χ0) is 23.2. The van der Waals surface area contributed by atoms with E-state index in [4.69, 9.17) is 0 Å². The van der Waals surface area contributed by atoms with Crippen LogP contribution in [0.4, 0.5) is 14.5 Å². The number of anilines is 1. The SMILES string of the molecule is Cc1ccc(C2=C(N(C)C3CCN(C)CC3)C(=O)N(c3cc(F)ccc3F)C2=O)cc1C. The van der Waals surface area contributed by atoms with Gasteiger partial charge in [-0.3, -0.25) is 9.59 Å². The second kappa shape index (κ2) is 8.47. The van der Waals surface area contributed by atoms with Crippen molar-refractivity contribution in [3.63, 3.8) is 0 Å². The monoisotopic (exact) mass is 439 g/mol. The van der Waals surface area contributed by atoms with Crippen LogP contribution in [-0.2, 0) is 9.59 Å². The molecule has 0 atom stereocenters. The summed E-state index contributed by atoms with van der Waals surface area (Å²) in [5.41, 5.74) is 2.73. The van der Waals surface area contributed by atoms with Crippen molar-refractivity contribution < 1.29 is 18.4 Å². The normalized spacial score (nSPS) is 18.1. The number of amides is 2. The Morgan fingerprint density at radius 1 is 0.938 bits per heavy atom. The van der Waals surface area contributed by atoms with E-state index >= 15 is 0 Å². The van der Waals surface area contributed by atoms with Gasteiger partial charge in [-0.25, -0.2) is 13.7 Å². The lowest BCUT2D eigenvalue weighted by molar-refractivity contribution is -0.120. The first-order valence-electron chi connectivity index (χ1n) is 10.8. The first-order valence-corrected chi connectivity index (χ1v) is 10.8. The summed E-state index contributed by atoms with van der Waals surface area (Å²) in [5, 5.41) is 0. The van der Waals surface area contributed by atoms with Crippen LogP contribution in [0.25, 0.3) is 5.57 Å². The summed E-state index contributed by atoms with van der Waals surface area (Å²) in [4.78, 5) is 32.0. The van der Waals surface area contributed by atoms with Gasteiger partial charge >= 0.3 is 0 Å². The Hall–Kier alpha value is -3.06. The van der Waals surface area contributed by atoms with Crippen molar-refractivity contribution in [2.45, 2.75) is 32.7 Å². The van der Waals surface area contributed by atoms with Crippen LogP contribution >= 0.6 is 0 Å². The highest BCUT2D eigenvalue weighted by molar-refractivity contribution is 6.45. The Labute approximate surface area is 186 Å². The van der Waals surface area contributed by atoms with Crippen molar-refractivity contribution in [3.8, 4) is 0 Å². The van der Waals surface area contributed by atoms with Crippen LogP contribution in [0.2, 0.25) is 0 Å². The number of hydrogen-bond acceptors (Lipinski definition) is 4. The number of halogens is 2. The number of imide groups is 1. The molecule has 2 heterocycles. The third-order valence-corrected chi connectivity index (χ3v) is 6.59. The molecule has 1 saturated heterocycles. The fraction of sp³-hybridized carbons (Fsp3) is 0.360. The topological polar surface area (TPSA) is 43.9 Å². The predicted molar refractivity (Wildman–Crippen MR) is 120 cm³/mol. The van der Waals surface area contributed by atoms with Gasteiger partial charge in [0, 0.05) is 19.2 Å². The summed E-state index contributed by atoms with van der Waals surface area (Å²) in [6, 6.07) is 8.42. The van der Waals surface area contributed by atoms with Gasteiger partial charge in [0.2, 0.25) is 0 Å². The van der Waals surface area contributed by atoms with Crippen molar-refractivity contribution in [1.29, 1.82) is 0 Å². The highest BCUT2D eigenvalue weighted by Crippen LogP contribution is 2.37. The van der Waals surface area contributed by atoms with Crippen molar-refractivity contribution in [3.05, 3.63) is 70.4 Å². The first kappa shape index (κ1) is 22.1. The van der Waals surface area contributed by atoms with Gasteiger partial charge in [-0.05, 0) is 75.6 Å². The summed E-state index contributed by atoms with van der Waals surface area (Å²) < 4.78 is 28.5. The highest BCUT2D eigenvalue weighted by Gasteiger charge is 2.44. The fourth-order valence-corrected chi connectivity index (χ4v) is 4.44. The molecule has 0 aromatic heterocycles. The molecule has 0 unspecified atom stereocenters. The molecule has 0 spiro atoms. The Kier molecular flexibility index (Phi) is 5.86. The van der Waals surface area contributed by atoms with E-state index in [9.17, 15) is 18.4 Å². The van der Waals surface area contributed by atoms with E-state index in [0.717, 1.165) is 60.2 Å². The summed E-state index contributed by atoms with van der Waals surface area (Å²) in [7, 11) is 3.86. The molecule has 32 heavy (non-hydrogen) atoms. The van der Waals surface area contributed by atoms with Crippen LogP contribution in [0.15, 0.2) is 42.1 Å². The molecule has 4 rings (SSSR count). The lowest BCUT2D eigenvalue weighted by atomic mass is 9.97. The van der Waals surface area contributed by atoms with Gasteiger partial charge in [0.05, 0.1) is 11.3 Å². The van der Waals surface area contributed by atoms with E-state index < -0.39 is 23.4 Å². The maximum atomic E-state index is 14.6. The molecule has 1 fully saturated rings. The van der Waals surface area contributed by atoms with E-state index in [1.807, 2.05) is 37.9 Å². The summed E-state index contributed by atoms with van der Waals surface area (Å²) in [5.74, 6) is -2.81. The minimum atomic E-state index is -0.823. The van der Waals surface area contributed by atoms with E-state index in [1.54, 1.807) is 6.07 Å². The summed E-state index contributed by atoms with van der Waals surface area (Å²) >= 11 is 0. The molecule has 7 heteroatoms. The molecule has 0 N–H and O–H groups in total. The van der Waals surface area contributed by atoms with Crippen LogP contribution < -0.4 is 4.90 Å². The second-order valence-corrected chi connectivity index (χ2v) is 8.71. The number of rotatable bonds is 4. The molecule has 2 aromatic carbocycles. The molecular weight excluding hydrogens is 412 g/mol. The maximum absolute atomic E-state index is 14.6. The van der Waals surface area contributed by atoms with Crippen LogP contribution in [0, 0.1) is 25.5 Å². The number of aryl methyl sites for hydroxylation is 2. The number of carbonyl (C=O) groups excluding carboxylic acids is 2. The van der Waals surface area contributed by atoms with Crippen molar-refractivity contribution in [1.82, 2.24) is 9.80 Å². The van der Waals surface area contributed by atoms with Crippen molar-refractivity contribution in [2.75, 3.05) is 32.1 Å². The minimum Gasteiger partial charge on any atom is -0.366 e. The smallest absolute Gasteiger partial charge is 0.282 e. The van der Waals surface area contributed by atoms with Gasteiger partial charge < -0.3 is 9.80 Å². The van der Waals surface area contributed by atoms with Crippen LogP contribution in [0.1, 0.15) is 29.5 Å². The average molecular weight is 440 g/mol. The van der Waals surface area contributed by atoms with Crippen LogP contribution in [0.3, 0.4) is 0 Å². The molecular formula is C25H27F2N3O2. The lowest BCUT2D eigenvalue weighted by Crippen LogP contribution is -2.43.